The van der Waals surface area contributed by atoms with E-state index < -0.39 is 0 Å². The maximum atomic E-state index is 13.7. The number of pyridine rings is 1. The number of ketones is 1. The molecule has 0 aromatic carbocycles. The highest BCUT2D eigenvalue weighted by atomic mass is 32.2. The number of thioether (sulfide) groups is 1. The summed E-state index contributed by atoms with van der Waals surface area (Å²) in [7, 11) is 1.96. The van der Waals surface area contributed by atoms with Gasteiger partial charge >= 0.3 is 0 Å². The lowest BCUT2D eigenvalue weighted by Crippen LogP contribution is -2.36. The van der Waals surface area contributed by atoms with Crippen LogP contribution in [0.4, 0.5) is 5.82 Å². The number of aliphatic imine (C=N–C) groups is 1. The largest absolute Gasteiger partial charge is 0.333 e. The van der Waals surface area contributed by atoms with Crippen molar-refractivity contribution in [3.8, 4) is 0 Å². The van der Waals surface area contributed by atoms with Crippen molar-refractivity contribution in [1.82, 2.24) is 24.0 Å². The lowest BCUT2D eigenvalue weighted by Gasteiger charge is -2.22. The zero-order valence-corrected chi connectivity index (χ0v) is 20.8. The predicted molar refractivity (Wildman–Crippen MR) is 135 cm³/mol. The Bertz CT molecular complexity index is 1330. The van der Waals surface area contributed by atoms with Gasteiger partial charge in [0.15, 0.2) is 5.82 Å². The van der Waals surface area contributed by atoms with Crippen molar-refractivity contribution in [2.45, 2.75) is 70.5 Å². The Morgan fingerprint density at radius 2 is 1.88 bits per heavy atom. The number of hydrogen-bond acceptors (Lipinski definition) is 6. The van der Waals surface area contributed by atoms with E-state index in [2.05, 4.69) is 16.8 Å². The monoisotopic (exact) mass is 478 g/mol. The molecule has 3 saturated carbocycles. The van der Waals surface area contributed by atoms with Crippen LogP contribution in [-0.2, 0) is 18.4 Å². The number of carbonyl (C=O) groups excluding carboxylic acids is 2. The minimum absolute atomic E-state index is 0.116. The fourth-order valence-corrected chi connectivity index (χ4v) is 5.38. The van der Waals surface area contributed by atoms with E-state index in [1.165, 1.54) is 11.8 Å². The first kappa shape index (κ1) is 21.8. The van der Waals surface area contributed by atoms with Crippen molar-refractivity contribution in [2.24, 2.45) is 18.0 Å². The molecule has 34 heavy (non-hydrogen) atoms. The van der Waals surface area contributed by atoms with E-state index in [1.54, 1.807) is 6.33 Å². The van der Waals surface area contributed by atoms with Crippen molar-refractivity contribution in [1.29, 1.82) is 0 Å². The summed E-state index contributed by atoms with van der Waals surface area (Å²) >= 11 is 1.49. The molecule has 0 aliphatic heterocycles. The highest BCUT2D eigenvalue weighted by Gasteiger charge is 2.43. The van der Waals surface area contributed by atoms with Crippen LogP contribution in [0.25, 0.3) is 22.1 Å². The third-order valence-electron chi connectivity index (χ3n) is 7.16. The smallest absolute Gasteiger partial charge is 0.271 e. The fraction of sp³-hybridized carbons (Fsp3) is 0.560. The van der Waals surface area contributed by atoms with E-state index in [4.69, 9.17) is 9.98 Å². The Morgan fingerprint density at radius 1 is 1.18 bits per heavy atom. The number of aryl methyl sites for hydroxylation is 2. The molecule has 0 N–H and O–H groups in total. The van der Waals surface area contributed by atoms with Crippen LogP contribution in [-0.4, -0.2) is 59.1 Å². The number of aromatic nitrogens is 4. The number of carbonyl (C=O) groups is 2. The summed E-state index contributed by atoms with van der Waals surface area (Å²) < 4.78 is 4.00. The molecule has 3 aliphatic carbocycles. The third kappa shape index (κ3) is 3.74. The van der Waals surface area contributed by atoms with E-state index in [0.717, 1.165) is 60.1 Å². The van der Waals surface area contributed by atoms with Gasteiger partial charge in [0.25, 0.3) is 5.91 Å². The number of hydrogen-bond donors (Lipinski definition) is 0. The highest BCUT2D eigenvalue weighted by molar-refractivity contribution is 8.13. The number of Topliss-reactive ketones (excluding diaryl/α,β-unsaturated/α-hetero) is 1. The van der Waals surface area contributed by atoms with Crippen LogP contribution in [0.15, 0.2) is 17.4 Å². The molecule has 0 atom stereocenters. The molecule has 3 aliphatic rings. The van der Waals surface area contributed by atoms with Crippen LogP contribution in [0.2, 0.25) is 0 Å². The summed E-state index contributed by atoms with van der Waals surface area (Å²) in [6, 6.07) is 2.78. The molecule has 0 bridgehead atoms. The van der Waals surface area contributed by atoms with Gasteiger partial charge in [-0.05, 0) is 57.8 Å². The molecule has 0 radical (unpaired) electrons. The third-order valence-corrected chi connectivity index (χ3v) is 7.87. The van der Waals surface area contributed by atoms with Crippen molar-refractivity contribution in [2.75, 3.05) is 6.26 Å². The van der Waals surface area contributed by atoms with Gasteiger partial charge < -0.3 is 14.0 Å². The van der Waals surface area contributed by atoms with E-state index in [9.17, 15) is 9.59 Å². The number of fused-ring (bicyclic) bond motifs is 3. The fourth-order valence-electron chi connectivity index (χ4n) is 4.92. The quantitative estimate of drug-likeness (QED) is 0.352. The van der Waals surface area contributed by atoms with Gasteiger partial charge in [-0.15, -0.1) is 11.8 Å². The second-order valence-electron chi connectivity index (χ2n) is 9.80. The Labute approximate surface area is 202 Å². The maximum absolute atomic E-state index is 13.7. The zero-order chi connectivity index (χ0) is 23.6. The molecule has 8 nitrogen and oxygen atoms in total. The van der Waals surface area contributed by atoms with Gasteiger partial charge in [0, 0.05) is 37.0 Å². The topological polar surface area (TPSA) is 85.4 Å². The van der Waals surface area contributed by atoms with Gasteiger partial charge in [0.2, 0.25) is 0 Å². The highest BCUT2D eigenvalue weighted by Crippen LogP contribution is 2.40. The minimum Gasteiger partial charge on any atom is -0.333 e. The normalized spacial score (nSPS) is 18.7. The molecule has 3 heterocycles. The van der Waals surface area contributed by atoms with Crippen LogP contribution < -0.4 is 0 Å². The lowest BCUT2D eigenvalue weighted by molar-refractivity contribution is -0.119. The van der Waals surface area contributed by atoms with Crippen LogP contribution in [0.1, 0.15) is 62.4 Å². The molecule has 3 aromatic rings. The first-order chi connectivity index (χ1) is 16.5. The van der Waals surface area contributed by atoms with Crippen molar-refractivity contribution < 1.29 is 9.59 Å². The predicted octanol–water partition coefficient (Wildman–Crippen LogP) is 4.47. The average molecular weight is 479 g/mol. The first-order valence-electron chi connectivity index (χ1n) is 12.3. The Balaban J connectivity index is 1.48. The molecular weight excluding hydrogens is 448 g/mol. The summed E-state index contributed by atoms with van der Waals surface area (Å²) in [4.78, 5) is 42.6. The Morgan fingerprint density at radius 3 is 2.47 bits per heavy atom. The molecule has 3 aromatic heterocycles. The second kappa shape index (κ2) is 8.22. The molecule has 178 valence electrons. The summed E-state index contributed by atoms with van der Waals surface area (Å²) in [6.45, 7) is 2.69. The minimum atomic E-state index is 0.116. The van der Waals surface area contributed by atoms with Crippen LogP contribution in [0, 0.1) is 5.92 Å². The van der Waals surface area contributed by atoms with Crippen molar-refractivity contribution in [3.05, 3.63) is 18.1 Å². The molecule has 9 heteroatoms. The number of nitrogens with zero attached hydrogens (tertiary/aromatic N) is 6. The zero-order valence-electron chi connectivity index (χ0n) is 20.0. The Kier molecular flexibility index (Phi) is 5.28. The lowest BCUT2D eigenvalue weighted by atomic mass is 10.2. The van der Waals surface area contributed by atoms with Crippen LogP contribution in [0.3, 0.4) is 0 Å². The van der Waals surface area contributed by atoms with E-state index in [1.807, 2.05) is 28.5 Å². The van der Waals surface area contributed by atoms with E-state index in [-0.39, 0.29) is 17.6 Å². The van der Waals surface area contributed by atoms with Crippen molar-refractivity contribution >= 4 is 56.4 Å². The second-order valence-corrected chi connectivity index (χ2v) is 10.7. The number of amides is 1. The van der Waals surface area contributed by atoms with Crippen molar-refractivity contribution in [3.63, 3.8) is 0 Å². The Hall–Kier alpha value is -2.68. The van der Waals surface area contributed by atoms with Crippen LogP contribution in [0.5, 0.6) is 0 Å². The van der Waals surface area contributed by atoms with Gasteiger partial charge in [-0.2, -0.15) is 0 Å². The van der Waals surface area contributed by atoms with Crippen LogP contribution >= 0.6 is 11.8 Å². The summed E-state index contributed by atoms with van der Waals surface area (Å²) in [6.07, 6.45) is 10.5. The van der Waals surface area contributed by atoms with Gasteiger partial charge in [-0.25, -0.2) is 15.0 Å². The molecule has 3 fully saturated rings. The number of imidazole rings is 1. The van der Waals surface area contributed by atoms with E-state index >= 15 is 0 Å². The molecular formula is C25H30N6O2S. The van der Waals surface area contributed by atoms with Gasteiger partial charge in [-0.1, -0.05) is 0 Å². The molecule has 0 unspecified atom stereocenters. The van der Waals surface area contributed by atoms with Gasteiger partial charge in [0.05, 0.1) is 23.3 Å². The van der Waals surface area contributed by atoms with E-state index in [0.29, 0.717) is 42.1 Å². The standard InChI is InChI=1S/C25H30N6O2S/c1-4-30-18(25(33)31(15-7-8-15)16-9-10-16)11-17-22-21(26-13-29(22)2)23(28-24(17)30)27-20(34-3)12-19(32)14-5-6-14/h11,13-16H,4-10,12H2,1-3H3. The first-order valence-corrected chi connectivity index (χ1v) is 13.5. The summed E-state index contributed by atoms with van der Waals surface area (Å²) in [5.74, 6) is 1.10. The SMILES string of the molecule is CCn1c(C(=O)N(C2CC2)C2CC2)cc2c3c(ncn3C)c(N=C(CC(=O)C3CC3)SC)nc21. The van der Waals surface area contributed by atoms with Gasteiger partial charge in [-0.3, -0.25) is 9.59 Å². The molecule has 0 spiro atoms. The molecule has 0 saturated heterocycles. The molecule has 1 amide bonds. The summed E-state index contributed by atoms with van der Waals surface area (Å²) in [5, 5.41) is 1.68. The number of rotatable bonds is 8. The molecule has 6 rings (SSSR count). The average Bonchev–Trinajstić information content (AvgIpc) is 3.69. The summed E-state index contributed by atoms with van der Waals surface area (Å²) in [5.41, 5.74) is 3.07. The maximum Gasteiger partial charge on any atom is 0.271 e. The van der Waals surface area contributed by atoms with Gasteiger partial charge in [0.1, 0.15) is 22.6 Å².